The minimum absolute atomic E-state index is 0.0320. The van der Waals surface area contributed by atoms with E-state index in [1.807, 2.05) is 0 Å². The van der Waals surface area contributed by atoms with Crippen molar-refractivity contribution in [1.82, 2.24) is 19.3 Å². The first kappa shape index (κ1) is 25.8. The third kappa shape index (κ3) is 6.12. The summed E-state index contributed by atoms with van der Waals surface area (Å²) in [6, 6.07) is 14.3. The van der Waals surface area contributed by atoms with E-state index in [1.54, 1.807) is 42.5 Å². The second-order valence-electron chi connectivity index (χ2n) is 7.83. The van der Waals surface area contributed by atoms with Crippen molar-refractivity contribution in [2.24, 2.45) is 0 Å². The number of halogens is 1. The molecule has 0 spiro atoms. The maximum Gasteiger partial charge on any atom is 0.323 e. The molecule has 0 saturated heterocycles. The van der Waals surface area contributed by atoms with Crippen molar-refractivity contribution in [1.29, 1.82) is 0 Å². The molecule has 0 bridgehead atoms. The Hall–Kier alpha value is -4.26. The van der Waals surface area contributed by atoms with Crippen LogP contribution in [-0.4, -0.2) is 47.8 Å². The maximum atomic E-state index is 12.5. The van der Waals surface area contributed by atoms with Crippen LogP contribution < -0.4 is 21.1 Å². The van der Waals surface area contributed by atoms with E-state index in [0.29, 0.717) is 22.2 Å². The Balaban J connectivity index is 1.39. The lowest BCUT2D eigenvalue weighted by atomic mass is 10.1. The van der Waals surface area contributed by atoms with Gasteiger partial charge in [-0.3, -0.25) is 0 Å². The molecule has 4 rings (SSSR count). The van der Waals surface area contributed by atoms with Gasteiger partial charge in [-0.1, -0.05) is 35.9 Å². The number of aromatic nitrogens is 3. The molecule has 0 radical (unpaired) electrons. The van der Waals surface area contributed by atoms with Gasteiger partial charge >= 0.3 is 12.0 Å². The van der Waals surface area contributed by atoms with E-state index >= 15 is 0 Å². The monoisotopic (exact) mass is 539 g/mol. The zero-order valence-corrected chi connectivity index (χ0v) is 21.3. The van der Waals surface area contributed by atoms with E-state index < -0.39 is 16.1 Å². The van der Waals surface area contributed by atoms with Gasteiger partial charge in [-0.15, -0.1) is 0 Å². The second-order valence-corrected chi connectivity index (χ2v) is 10.4. The molecule has 2 aromatic carbocycles. The number of sulfonamides is 1. The van der Waals surface area contributed by atoms with Crippen LogP contribution >= 0.6 is 11.6 Å². The van der Waals surface area contributed by atoms with Gasteiger partial charge < -0.3 is 21.1 Å². The van der Waals surface area contributed by atoms with Crippen molar-refractivity contribution in [2.75, 3.05) is 30.5 Å². The van der Waals surface area contributed by atoms with Crippen molar-refractivity contribution in [2.45, 2.75) is 4.90 Å². The number of benzene rings is 2. The van der Waals surface area contributed by atoms with E-state index in [-0.39, 0.29) is 22.3 Å². The zero-order chi connectivity index (χ0) is 26.6. The van der Waals surface area contributed by atoms with E-state index in [2.05, 4.69) is 25.6 Å². The van der Waals surface area contributed by atoms with Gasteiger partial charge in [-0.25, -0.2) is 32.5 Å². The number of nitrogens with two attached hydrogens (primary N) is 1. The van der Waals surface area contributed by atoms with Crippen LogP contribution in [0, 0.1) is 0 Å². The Morgan fingerprint density at radius 1 is 0.973 bits per heavy atom. The number of urea groups is 1. The molecule has 2 aromatic heterocycles. The molecule has 4 N–H and O–H groups in total. The van der Waals surface area contributed by atoms with Gasteiger partial charge in [0.1, 0.15) is 16.5 Å². The van der Waals surface area contributed by atoms with Crippen LogP contribution in [0.5, 0.6) is 11.8 Å². The second kappa shape index (κ2) is 10.8. The number of para-hydroxylation sites is 1. The summed E-state index contributed by atoms with van der Waals surface area (Å²) in [6.45, 7) is 0. The van der Waals surface area contributed by atoms with Gasteiger partial charge in [0.25, 0.3) is 0 Å². The molecule has 0 aliphatic heterocycles. The van der Waals surface area contributed by atoms with Crippen molar-refractivity contribution < 1.29 is 17.9 Å². The standard InChI is InChI=1S/C24H22ClN7O4S/c1-32(2)37(34,35)21-6-4-3-5-20(21)31-23(33)30-17-13-28-24(29-14-17)36-18-9-7-15(8-10-18)19-11-16(25)12-27-22(19)26/h3-14H,1-2H3,(H2,26,27)(H2,30,31,33). The Morgan fingerprint density at radius 2 is 1.65 bits per heavy atom. The molecule has 11 nitrogen and oxygen atoms in total. The van der Waals surface area contributed by atoms with Crippen LogP contribution in [0.15, 0.2) is 78.1 Å². The van der Waals surface area contributed by atoms with Crippen LogP contribution in [0.4, 0.5) is 22.0 Å². The first-order chi connectivity index (χ1) is 17.6. The number of hydrogen-bond donors (Lipinski definition) is 3. The van der Waals surface area contributed by atoms with Gasteiger partial charge in [-0.2, -0.15) is 0 Å². The fraction of sp³-hybridized carbons (Fsp3) is 0.0833. The number of nitrogen functional groups attached to an aromatic ring is 1. The maximum absolute atomic E-state index is 12.5. The summed E-state index contributed by atoms with van der Waals surface area (Å²) in [5, 5.41) is 5.57. The minimum atomic E-state index is -3.75. The molecule has 0 aliphatic carbocycles. The number of carbonyl (C=O) groups excluding carboxylic acids is 1. The molecule has 0 saturated carbocycles. The molecule has 0 unspecified atom stereocenters. The van der Waals surface area contributed by atoms with Gasteiger partial charge in [0.15, 0.2) is 0 Å². The summed E-state index contributed by atoms with van der Waals surface area (Å²) < 4.78 is 31.7. The van der Waals surface area contributed by atoms with Crippen LogP contribution in [0.2, 0.25) is 5.02 Å². The number of pyridine rings is 1. The summed E-state index contributed by atoms with van der Waals surface area (Å²) in [4.78, 5) is 24.7. The predicted octanol–water partition coefficient (Wildman–Crippen LogP) is 4.46. The van der Waals surface area contributed by atoms with Crippen molar-refractivity contribution in [3.05, 3.63) is 78.2 Å². The highest BCUT2D eigenvalue weighted by atomic mass is 35.5. The molecule has 0 aliphatic rings. The molecule has 4 aromatic rings. The number of ether oxygens (including phenoxy) is 1. The number of carbonyl (C=O) groups is 1. The fourth-order valence-corrected chi connectivity index (χ4v) is 4.40. The number of nitrogens with one attached hydrogen (secondary N) is 2. The SMILES string of the molecule is CN(C)S(=O)(=O)c1ccccc1NC(=O)Nc1cnc(Oc2ccc(-c3cc(Cl)cnc3N)cc2)nc1. The molecule has 13 heteroatoms. The molecule has 190 valence electrons. The molecule has 0 atom stereocenters. The first-order valence-corrected chi connectivity index (χ1v) is 12.6. The Bertz CT molecular complexity index is 1530. The van der Waals surface area contributed by atoms with Crippen molar-refractivity contribution in [3.8, 4) is 22.9 Å². The van der Waals surface area contributed by atoms with E-state index in [1.165, 1.54) is 44.8 Å². The molecular weight excluding hydrogens is 518 g/mol. The van der Waals surface area contributed by atoms with E-state index in [4.69, 9.17) is 22.1 Å². The van der Waals surface area contributed by atoms with Crippen LogP contribution in [0.1, 0.15) is 0 Å². The lowest BCUT2D eigenvalue weighted by Crippen LogP contribution is -2.25. The van der Waals surface area contributed by atoms with Crippen molar-refractivity contribution >= 4 is 44.8 Å². The van der Waals surface area contributed by atoms with E-state index in [0.717, 1.165) is 9.87 Å². The smallest absolute Gasteiger partial charge is 0.323 e. The Kier molecular flexibility index (Phi) is 7.53. The number of rotatable bonds is 7. The minimum Gasteiger partial charge on any atom is -0.424 e. The summed E-state index contributed by atoms with van der Waals surface area (Å²) in [5.41, 5.74) is 7.85. The average molecular weight is 540 g/mol. The van der Waals surface area contributed by atoms with Crippen molar-refractivity contribution in [3.63, 3.8) is 0 Å². The fourth-order valence-electron chi connectivity index (χ4n) is 3.20. The van der Waals surface area contributed by atoms with Gasteiger partial charge in [0, 0.05) is 25.9 Å². The lowest BCUT2D eigenvalue weighted by molar-refractivity contribution is 0.262. The summed E-state index contributed by atoms with van der Waals surface area (Å²) in [5.74, 6) is 0.839. The Labute approximate surface area is 218 Å². The molecule has 0 fully saturated rings. The summed E-state index contributed by atoms with van der Waals surface area (Å²) >= 11 is 6.01. The van der Waals surface area contributed by atoms with Crippen LogP contribution in [0.3, 0.4) is 0 Å². The molecule has 37 heavy (non-hydrogen) atoms. The molecule has 2 amide bonds. The normalized spacial score (nSPS) is 11.2. The van der Waals surface area contributed by atoms with E-state index in [9.17, 15) is 13.2 Å². The largest absolute Gasteiger partial charge is 0.424 e. The predicted molar refractivity (Wildman–Crippen MR) is 141 cm³/mol. The summed E-state index contributed by atoms with van der Waals surface area (Å²) in [6.07, 6.45) is 4.19. The van der Waals surface area contributed by atoms with Gasteiger partial charge in [-0.05, 0) is 35.9 Å². The highest BCUT2D eigenvalue weighted by molar-refractivity contribution is 7.89. The highest BCUT2D eigenvalue weighted by Crippen LogP contribution is 2.29. The van der Waals surface area contributed by atoms with Gasteiger partial charge in [0.05, 0.1) is 28.8 Å². The topological polar surface area (TPSA) is 152 Å². The number of nitrogens with zero attached hydrogens (tertiary/aromatic N) is 4. The zero-order valence-electron chi connectivity index (χ0n) is 19.7. The third-order valence-electron chi connectivity index (χ3n) is 5.04. The van der Waals surface area contributed by atoms with Gasteiger partial charge in [0.2, 0.25) is 10.0 Å². The lowest BCUT2D eigenvalue weighted by Gasteiger charge is -2.15. The average Bonchev–Trinajstić information content (AvgIpc) is 2.87. The quantitative estimate of drug-likeness (QED) is 0.311. The number of amides is 2. The van der Waals surface area contributed by atoms with Crippen LogP contribution in [0.25, 0.3) is 11.1 Å². The number of hydrogen-bond acceptors (Lipinski definition) is 8. The third-order valence-corrected chi connectivity index (χ3v) is 7.12. The Morgan fingerprint density at radius 3 is 2.32 bits per heavy atom. The number of anilines is 3. The molecular formula is C24H22ClN7O4S. The van der Waals surface area contributed by atoms with Crippen LogP contribution in [-0.2, 0) is 10.0 Å². The highest BCUT2D eigenvalue weighted by Gasteiger charge is 2.21. The first-order valence-electron chi connectivity index (χ1n) is 10.7. The summed E-state index contributed by atoms with van der Waals surface area (Å²) in [7, 11) is -0.928. The molecule has 2 heterocycles.